The summed E-state index contributed by atoms with van der Waals surface area (Å²) in [6.07, 6.45) is 4.19. The Labute approximate surface area is 130 Å². The molecule has 2 saturated heterocycles. The predicted molar refractivity (Wildman–Crippen MR) is 79.9 cm³/mol. The smallest absolute Gasteiger partial charge is 0.291 e. The molecule has 0 aromatic carbocycles. The van der Waals surface area contributed by atoms with E-state index >= 15 is 0 Å². The van der Waals surface area contributed by atoms with E-state index < -0.39 is 0 Å². The molecule has 0 bridgehead atoms. The molecule has 7 nitrogen and oxygen atoms in total. The van der Waals surface area contributed by atoms with Gasteiger partial charge in [0.15, 0.2) is 5.75 Å². The lowest BCUT2D eigenvalue weighted by Gasteiger charge is -2.47. The van der Waals surface area contributed by atoms with Crippen LogP contribution in [0.5, 0.6) is 5.75 Å². The van der Waals surface area contributed by atoms with Crippen molar-refractivity contribution in [2.24, 2.45) is 5.41 Å². The van der Waals surface area contributed by atoms with Crippen molar-refractivity contribution in [1.82, 2.24) is 19.8 Å². The number of hydrogen-bond acceptors (Lipinski definition) is 6. The van der Waals surface area contributed by atoms with Crippen LogP contribution in [0.3, 0.4) is 0 Å². The van der Waals surface area contributed by atoms with Gasteiger partial charge < -0.3 is 19.3 Å². The molecule has 0 saturated carbocycles. The first-order valence-corrected chi connectivity index (χ1v) is 7.52. The van der Waals surface area contributed by atoms with Gasteiger partial charge in [-0.15, -0.1) is 0 Å². The molecule has 1 aromatic heterocycles. The van der Waals surface area contributed by atoms with Crippen molar-refractivity contribution >= 4 is 5.91 Å². The number of rotatable bonds is 5. The quantitative estimate of drug-likeness (QED) is 0.778. The van der Waals surface area contributed by atoms with Crippen LogP contribution in [0.25, 0.3) is 0 Å². The van der Waals surface area contributed by atoms with E-state index in [9.17, 15) is 4.79 Å². The summed E-state index contributed by atoms with van der Waals surface area (Å²) in [4.78, 5) is 24.7. The highest BCUT2D eigenvalue weighted by Gasteiger charge is 2.49. The third-order valence-electron chi connectivity index (χ3n) is 4.52. The van der Waals surface area contributed by atoms with Crippen LogP contribution in [-0.2, 0) is 4.74 Å². The molecule has 7 heteroatoms. The van der Waals surface area contributed by atoms with E-state index in [-0.39, 0.29) is 17.1 Å². The summed E-state index contributed by atoms with van der Waals surface area (Å²) in [5.74, 6) is 0.703. The minimum atomic E-state index is -0.0939. The van der Waals surface area contributed by atoms with E-state index in [1.807, 2.05) is 4.90 Å². The number of nitrogens with zero attached hydrogens (tertiary/aromatic N) is 4. The van der Waals surface area contributed by atoms with E-state index in [1.54, 1.807) is 14.2 Å². The molecule has 0 unspecified atom stereocenters. The van der Waals surface area contributed by atoms with Gasteiger partial charge in [0, 0.05) is 38.7 Å². The van der Waals surface area contributed by atoms with Crippen LogP contribution < -0.4 is 4.74 Å². The number of likely N-dealkylation sites (tertiary alicyclic amines) is 2. The van der Waals surface area contributed by atoms with Gasteiger partial charge in [-0.1, -0.05) is 0 Å². The third kappa shape index (κ3) is 2.91. The van der Waals surface area contributed by atoms with E-state index in [0.29, 0.717) is 5.75 Å². The Bertz CT molecular complexity index is 528. The number of methoxy groups -OCH3 is 2. The molecule has 0 radical (unpaired) electrons. The summed E-state index contributed by atoms with van der Waals surface area (Å²) >= 11 is 0. The number of ether oxygens (including phenoxy) is 2. The monoisotopic (exact) mass is 306 g/mol. The highest BCUT2D eigenvalue weighted by atomic mass is 16.5. The van der Waals surface area contributed by atoms with Crippen LogP contribution >= 0.6 is 0 Å². The molecule has 120 valence electrons. The fourth-order valence-electron chi connectivity index (χ4n) is 3.28. The van der Waals surface area contributed by atoms with Crippen molar-refractivity contribution < 1.29 is 14.3 Å². The summed E-state index contributed by atoms with van der Waals surface area (Å²) in [6.45, 7) is 5.45. The van der Waals surface area contributed by atoms with E-state index in [2.05, 4.69) is 14.9 Å². The van der Waals surface area contributed by atoms with Crippen molar-refractivity contribution in [3.05, 3.63) is 18.2 Å². The summed E-state index contributed by atoms with van der Waals surface area (Å²) < 4.78 is 10.1. The van der Waals surface area contributed by atoms with Crippen LogP contribution in [-0.4, -0.2) is 79.2 Å². The molecular formula is C15H22N4O3. The Kier molecular flexibility index (Phi) is 4.26. The maximum atomic E-state index is 12.3. The Morgan fingerprint density at radius 3 is 2.64 bits per heavy atom. The maximum Gasteiger partial charge on any atom is 0.291 e. The Morgan fingerprint density at radius 2 is 2.00 bits per heavy atom. The van der Waals surface area contributed by atoms with Crippen LogP contribution in [0.2, 0.25) is 0 Å². The summed E-state index contributed by atoms with van der Waals surface area (Å²) in [6, 6.07) is 0. The van der Waals surface area contributed by atoms with Crippen molar-refractivity contribution in [3.63, 3.8) is 0 Å². The van der Waals surface area contributed by atoms with Crippen LogP contribution in [0, 0.1) is 5.41 Å². The molecule has 1 spiro atoms. The van der Waals surface area contributed by atoms with Gasteiger partial charge in [0.25, 0.3) is 5.91 Å². The predicted octanol–water partition coefficient (Wildman–Crippen LogP) is 0.280. The molecule has 22 heavy (non-hydrogen) atoms. The highest BCUT2D eigenvalue weighted by molar-refractivity contribution is 5.91. The first-order valence-electron chi connectivity index (χ1n) is 7.52. The number of hydrogen-bond donors (Lipinski definition) is 0. The van der Waals surface area contributed by atoms with E-state index in [4.69, 9.17) is 9.47 Å². The zero-order valence-electron chi connectivity index (χ0n) is 13.1. The Balaban J connectivity index is 1.53. The third-order valence-corrected chi connectivity index (χ3v) is 4.52. The van der Waals surface area contributed by atoms with Gasteiger partial charge in [-0.05, 0) is 13.0 Å². The largest absolute Gasteiger partial charge is 0.494 e. The molecule has 2 fully saturated rings. The maximum absolute atomic E-state index is 12.3. The minimum absolute atomic E-state index is 0.0939. The van der Waals surface area contributed by atoms with Gasteiger partial charge in [-0.3, -0.25) is 4.79 Å². The molecule has 1 aromatic rings. The van der Waals surface area contributed by atoms with E-state index in [1.165, 1.54) is 12.4 Å². The van der Waals surface area contributed by atoms with Crippen molar-refractivity contribution in [1.29, 1.82) is 0 Å². The molecule has 0 aliphatic carbocycles. The van der Waals surface area contributed by atoms with Gasteiger partial charge in [0.1, 0.15) is 0 Å². The lowest BCUT2D eigenvalue weighted by Crippen LogP contribution is -2.59. The molecule has 0 N–H and O–H groups in total. The molecule has 3 heterocycles. The number of carbonyl (C=O) groups excluding carboxylic acids is 1. The summed E-state index contributed by atoms with van der Waals surface area (Å²) in [5.41, 5.74) is 0.260. The first-order chi connectivity index (χ1) is 10.7. The van der Waals surface area contributed by atoms with Crippen LogP contribution in [0.4, 0.5) is 0 Å². The van der Waals surface area contributed by atoms with Gasteiger partial charge in [-0.2, -0.15) is 0 Å². The van der Waals surface area contributed by atoms with Gasteiger partial charge >= 0.3 is 0 Å². The zero-order chi connectivity index (χ0) is 15.6. The van der Waals surface area contributed by atoms with Crippen LogP contribution in [0.15, 0.2) is 12.4 Å². The SMILES string of the molecule is COCCN1CCC2(C1)CN(C(=O)c1ncc(OC)cn1)C2. The van der Waals surface area contributed by atoms with Gasteiger partial charge in [-0.25, -0.2) is 9.97 Å². The lowest BCUT2D eigenvalue weighted by molar-refractivity contribution is 0.00873. The second kappa shape index (κ2) is 6.18. The lowest BCUT2D eigenvalue weighted by atomic mass is 9.79. The van der Waals surface area contributed by atoms with Gasteiger partial charge in [0.05, 0.1) is 26.1 Å². The second-order valence-electron chi connectivity index (χ2n) is 6.13. The number of carbonyl (C=O) groups is 1. The minimum Gasteiger partial charge on any atom is -0.494 e. The van der Waals surface area contributed by atoms with Gasteiger partial charge in [0.2, 0.25) is 5.82 Å². The highest BCUT2D eigenvalue weighted by Crippen LogP contribution is 2.39. The topological polar surface area (TPSA) is 67.8 Å². The van der Waals surface area contributed by atoms with E-state index in [0.717, 1.165) is 45.8 Å². The molecule has 2 aliphatic rings. The molecule has 3 rings (SSSR count). The molecule has 0 atom stereocenters. The van der Waals surface area contributed by atoms with Crippen molar-refractivity contribution in [2.45, 2.75) is 6.42 Å². The van der Waals surface area contributed by atoms with Crippen molar-refractivity contribution in [3.8, 4) is 5.75 Å². The Morgan fingerprint density at radius 1 is 1.27 bits per heavy atom. The normalized spacial score (nSPS) is 20.2. The zero-order valence-corrected chi connectivity index (χ0v) is 13.1. The van der Waals surface area contributed by atoms with Crippen LogP contribution in [0.1, 0.15) is 17.0 Å². The number of amides is 1. The molecular weight excluding hydrogens is 284 g/mol. The summed E-state index contributed by atoms with van der Waals surface area (Å²) in [5, 5.41) is 0. The summed E-state index contributed by atoms with van der Waals surface area (Å²) in [7, 11) is 3.28. The Hall–Kier alpha value is -1.73. The average Bonchev–Trinajstić information content (AvgIpc) is 2.95. The average molecular weight is 306 g/mol. The fourth-order valence-corrected chi connectivity index (χ4v) is 3.28. The number of aromatic nitrogens is 2. The fraction of sp³-hybridized carbons (Fsp3) is 0.667. The first kappa shape index (κ1) is 15.2. The standard InChI is InChI=1S/C15H22N4O3/c1-21-6-5-18-4-3-15(9-18)10-19(11-15)14(20)13-16-7-12(22-2)8-17-13/h7-8H,3-6,9-11H2,1-2H3. The van der Waals surface area contributed by atoms with Crippen molar-refractivity contribution in [2.75, 3.05) is 53.6 Å². The molecule has 2 aliphatic heterocycles. The molecule has 1 amide bonds. The second-order valence-corrected chi connectivity index (χ2v) is 6.13.